The van der Waals surface area contributed by atoms with Crippen LogP contribution in [0, 0.1) is 20.8 Å². The maximum absolute atomic E-state index is 2.35. The molecular weight excluding hydrogens is 803 g/mol. The van der Waals surface area contributed by atoms with Crippen molar-refractivity contribution in [2.75, 3.05) is 0 Å². The van der Waals surface area contributed by atoms with Crippen LogP contribution in [0.25, 0.3) is 65.0 Å². The number of halogens is 2. The van der Waals surface area contributed by atoms with Crippen molar-refractivity contribution in [1.82, 2.24) is 0 Å². The summed E-state index contributed by atoms with van der Waals surface area (Å²) in [6.07, 6.45) is 0. The Morgan fingerprint density at radius 1 is 0.436 bits per heavy atom. The second-order valence-corrected chi connectivity index (χ2v) is 19.5. The molecule has 268 valence electrons. The van der Waals surface area contributed by atoms with E-state index in [-0.39, 0.29) is 24.8 Å². The summed E-state index contributed by atoms with van der Waals surface area (Å²) in [4.78, 5) is 0. The molecule has 0 radical (unpaired) electrons. The molecule has 0 spiro atoms. The van der Waals surface area contributed by atoms with Gasteiger partial charge in [-0.05, 0) is 47.0 Å². The van der Waals surface area contributed by atoms with E-state index in [2.05, 4.69) is 209 Å². The Balaban J connectivity index is 0.000000145. The third kappa shape index (κ3) is 8.50. The van der Waals surface area contributed by atoms with E-state index in [0.29, 0.717) is 0 Å². The van der Waals surface area contributed by atoms with E-state index in [9.17, 15) is 0 Å². The van der Waals surface area contributed by atoms with Gasteiger partial charge in [0, 0.05) is 0 Å². The van der Waals surface area contributed by atoms with Crippen LogP contribution in [0.3, 0.4) is 0 Å². The number of hydrogen-bond donors (Lipinski definition) is 0. The van der Waals surface area contributed by atoms with E-state index in [0.717, 1.165) is 0 Å². The van der Waals surface area contributed by atoms with Gasteiger partial charge in [-0.2, -0.15) is 11.6 Å². The van der Waals surface area contributed by atoms with Gasteiger partial charge in [-0.15, -0.1) is 68.7 Å². The molecule has 0 aliphatic carbocycles. The topological polar surface area (TPSA) is 0 Å². The van der Waals surface area contributed by atoms with Crippen LogP contribution < -0.4 is 35.2 Å². The van der Waals surface area contributed by atoms with Gasteiger partial charge in [0.2, 0.25) is 0 Å². The second kappa shape index (κ2) is 17.9. The zero-order chi connectivity index (χ0) is 36.3. The van der Waals surface area contributed by atoms with Crippen molar-refractivity contribution < 1.29 is 48.1 Å². The van der Waals surface area contributed by atoms with Crippen LogP contribution in [0.1, 0.15) is 16.7 Å². The van der Waals surface area contributed by atoms with Gasteiger partial charge in [-0.25, -0.2) is 0 Å². The average molecular weight is 843 g/mol. The van der Waals surface area contributed by atoms with Gasteiger partial charge in [-0.3, -0.25) is 0 Å². The number of hydrogen-bond acceptors (Lipinski definition) is 0. The Kier molecular flexibility index (Phi) is 13.1. The molecule has 0 fully saturated rings. The van der Waals surface area contributed by atoms with Crippen LogP contribution in [0.5, 0.6) is 0 Å². The molecule has 55 heavy (non-hydrogen) atoms. The number of aryl methyl sites for hydroxylation is 3. The zero-order valence-corrected chi connectivity index (χ0v) is 36.1. The Hall–Kier alpha value is -4.56. The molecule has 0 N–H and O–H groups in total. The van der Waals surface area contributed by atoms with Crippen molar-refractivity contribution in [3.05, 3.63) is 205 Å². The minimum atomic E-state index is -0.455. The quantitative estimate of drug-likeness (QED) is 0.108. The van der Waals surface area contributed by atoms with Crippen molar-refractivity contribution in [3.8, 4) is 11.1 Å². The van der Waals surface area contributed by atoms with Crippen molar-refractivity contribution in [2.24, 2.45) is 0 Å². The van der Waals surface area contributed by atoms with E-state index >= 15 is 0 Å². The molecule has 0 amide bonds. The summed E-state index contributed by atoms with van der Waals surface area (Å²) < 4.78 is 0. The van der Waals surface area contributed by atoms with Gasteiger partial charge in [0.15, 0.2) is 0 Å². The number of fused-ring (bicyclic) bond motifs is 7. The molecule has 0 bridgehead atoms. The molecular formula is C51H40Cl2SiZr-2. The van der Waals surface area contributed by atoms with Crippen LogP contribution in [-0.2, 0) is 23.3 Å². The molecule has 0 unspecified atom stereocenters. The van der Waals surface area contributed by atoms with Gasteiger partial charge in [0.1, 0.15) is 0 Å². The van der Waals surface area contributed by atoms with Crippen molar-refractivity contribution in [1.29, 1.82) is 0 Å². The fourth-order valence-corrected chi connectivity index (χ4v) is 11.4. The van der Waals surface area contributed by atoms with E-state index in [1.165, 1.54) is 92.1 Å². The Morgan fingerprint density at radius 2 is 0.964 bits per heavy atom. The van der Waals surface area contributed by atoms with Gasteiger partial charge >= 0.3 is 99.8 Å². The summed E-state index contributed by atoms with van der Waals surface area (Å²) in [7, 11) is 0. The molecule has 0 aliphatic rings. The van der Waals surface area contributed by atoms with Gasteiger partial charge in [0.05, 0.1) is 0 Å². The van der Waals surface area contributed by atoms with Gasteiger partial charge in [-0.1, -0.05) is 102 Å². The van der Waals surface area contributed by atoms with E-state index in [4.69, 9.17) is 0 Å². The molecule has 0 aliphatic heterocycles. The first-order chi connectivity index (χ1) is 25.9. The Morgan fingerprint density at radius 3 is 1.56 bits per heavy atom. The summed E-state index contributed by atoms with van der Waals surface area (Å²) in [6, 6.07) is 68.1. The SMILES string of the molecule is Cc1c[cH-]c2cccc(-c3cc4ccccc4c4ccccc34)c12.Cc1ccc2c(c1)[cH-]c1cc(C)ccc12.[Cl-].[Cl-].[Zr+2]=[Si](c1ccccc1)c1ccccc1. The molecule has 10 rings (SSSR count). The van der Waals surface area contributed by atoms with Crippen molar-refractivity contribution in [3.63, 3.8) is 0 Å². The molecule has 0 atom stereocenters. The summed E-state index contributed by atoms with van der Waals surface area (Å²) in [6.45, 7) is 6.49. The molecule has 0 saturated carbocycles. The first-order valence-corrected chi connectivity index (χ1v) is 23.4. The monoisotopic (exact) mass is 840 g/mol. The fourth-order valence-electron chi connectivity index (χ4n) is 7.59. The first kappa shape index (κ1) is 40.1. The summed E-state index contributed by atoms with van der Waals surface area (Å²) >= 11 is 1.64. The third-order valence-corrected chi connectivity index (χ3v) is 16.3. The predicted molar refractivity (Wildman–Crippen MR) is 229 cm³/mol. The van der Waals surface area contributed by atoms with Crippen molar-refractivity contribution >= 4 is 69.7 Å². The summed E-state index contributed by atoms with van der Waals surface area (Å²) in [5, 5.41) is 16.5. The molecule has 4 heteroatoms. The second-order valence-electron chi connectivity index (χ2n) is 13.9. The minimum absolute atomic E-state index is 0. The van der Waals surface area contributed by atoms with Crippen LogP contribution >= 0.6 is 0 Å². The fraction of sp³-hybridized carbons (Fsp3) is 0.0588. The van der Waals surface area contributed by atoms with Crippen LogP contribution in [0.4, 0.5) is 0 Å². The number of rotatable bonds is 3. The van der Waals surface area contributed by atoms with Gasteiger partial charge in [0.25, 0.3) is 0 Å². The number of benzene rings is 8. The summed E-state index contributed by atoms with van der Waals surface area (Å²) in [5.41, 5.74) is 6.20. The van der Waals surface area contributed by atoms with Crippen LogP contribution in [0.2, 0.25) is 0 Å². The van der Waals surface area contributed by atoms with E-state index in [1.54, 1.807) is 23.3 Å². The van der Waals surface area contributed by atoms with Gasteiger partial charge < -0.3 is 24.8 Å². The molecule has 10 aromatic rings. The molecule has 10 aromatic carbocycles. The third-order valence-electron chi connectivity index (χ3n) is 10.2. The van der Waals surface area contributed by atoms with Crippen LogP contribution in [0.15, 0.2) is 188 Å². The normalized spacial score (nSPS) is 10.6. The Labute approximate surface area is 351 Å². The predicted octanol–water partition coefficient (Wildman–Crippen LogP) is 6.52. The molecule has 0 aromatic heterocycles. The zero-order valence-electron chi connectivity index (χ0n) is 31.2. The molecule has 0 saturated heterocycles. The maximum atomic E-state index is 2.35. The van der Waals surface area contributed by atoms with Crippen molar-refractivity contribution in [2.45, 2.75) is 20.8 Å². The van der Waals surface area contributed by atoms with Crippen LogP contribution in [-0.4, -0.2) is 5.43 Å². The Bertz CT molecular complexity index is 2790. The standard InChI is InChI=1S/C24H17.C15H13.C12H10Si.2ClH.Zr/c1-16-13-14-17-8-6-12-22(24(16)17)23-15-18-7-2-3-9-19(18)20-10-4-5-11-21(20)23;1-10-3-5-14-12(7-10)9-13-8-11(2)4-6-15(13)14;1-3-7-11(8-4-1)13-12-9-5-2-6-10-12;;;/h2-15H,1H3;3-9H,1-2H3;1-10H;2*1H;/q2*-1;;;;+2/p-2. The average Bonchev–Trinajstić information content (AvgIpc) is 3.77. The summed E-state index contributed by atoms with van der Waals surface area (Å²) in [5.74, 6) is 0. The first-order valence-electron chi connectivity index (χ1n) is 18.3. The van der Waals surface area contributed by atoms with E-state index < -0.39 is 5.43 Å². The molecule has 0 heterocycles. The van der Waals surface area contributed by atoms with E-state index in [1.807, 2.05) is 0 Å². The molecule has 0 nitrogen and oxygen atoms in total.